The Morgan fingerprint density at radius 1 is 1.33 bits per heavy atom. The lowest BCUT2D eigenvalue weighted by Crippen LogP contribution is -2.34. The average Bonchev–Trinajstić information content (AvgIpc) is 2.60. The first-order valence-corrected chi connectivity index (χ1v) is 8.57. The number of unbranched alkanes of at least 4 members (excludes halogenated alkanes) is 1. The Morgan fingerprint density at radius 3 is 2.75 bits per heavy atom. The molecule has 4 N–H and O–H groups in total. The molecule has 0 fully saturated rings. The van der Waals surface area contributed by atoms with Crippen LogP contribution in [-0.2, 0) is 0 Å². The predicted molar refractivity (Wildman–Crippen MR) is 96.4 cm³/mol. The van der Waals surface area contributed by atoms with Gasteiger partial charge >= 0.3 is 0 Å². The molecule has 6 nitrogen and oxygen atoms in total. The molecule has 0 aromatic carbocycles. The molecule has 4 atom stereocenters. The van der Waals surface area contributed by atoms with Gasteiger partial charge in [0.15, 0.2) is 0 Å². The van der Waals surface area contributed by atoms with E-state index in [4.69, 9.17) is 11.5 Å². The Labute approximate surface area is 142 Å². The minimum atomic E-state index is -0.601. The van der Waals surface area contributed by atoms with Crippen molar-refractivity contribution in [3.8, 4) is 0 Å². The van der Waals surface area contributed by atoms with Crippen molar-refractivity contribution in [1.82, 2.24) is 0 Å². The van der Waals surface area contributed by atoms with Crippen LogP contribution in [0.5, 0.6) is 0 Å². The second-order valence-electron chi connectivity index (χ2n) is 6.53. The Balaban J connectivity index is 2.37. The van der Waals surface area contributed by atoms with Crippen molar-refractivity contribution in [2.75, 3.05) is 0 Å². The number of nitrogens with zero attached hydrogens (tertiary/aromatic N) is 2. The van der Waals surface area contributed by atoms with Crippen LogP contribution in [-0.4, -0.2) is 6.04 Å². The second-order valence-corrected chi connectivity index (χ2v) is 6.53. The van der Waals surface area contributed by atoms with Crippen LogP contribution in [0.15, 0.2) is 57.8 Å². The van der Waals surface area contributed by atoms with E-state index in [1.54, 1.807) is 0 Å². The van der Waals surface area contributed by atoms with Gasteiger partial charge in [0, 0.05) is 11.6 Å². The number of hydrogen-bond acceptors (Lipinski definition) is 6. The third-order valence-corrected chi connectivity index (χ3v) is 4.91. The van der Waals surface area contributed by atoms with Crippen molar-refractivity contribution in [3.63, 3.8) is 0 Å². The van der Waals surface area contributed by atoms with Crippen LogP contribution in [0.3, 0.4) is 0 Å². The summed E-state index contributed by atoms with van der Waals surface area (Å²) in [6, 6.07) is -0.601. The van der Waals surface area contributed by atoms with Crippen LogP contribution in [0, 0.1) is 27.6 Å². The van der Waals surface area contributed by atoms with Gasteiger partial charge in [0.05, 0.1) is 5.70 Å². The maximum absolute atomic E-state index is 11.5. The van der Waals surface area contributed by atoms with Gasteiger partial charge < -0.3 is 11.5 Å². The van der Waals surface area contributed by atoms with Gasteiger partial charge in [0.1, 0.15) is 6.04 Å². The molecule has 0 heterocycles. The summed E-state index contributed by atoms with van der Waals surface area (Å²) in [5.74, 6) is -0.369. The first-order valence-electron chi connectivity index (χ1n) is 8.57. The van der Waals surface area contributed by atoms with E-state index < -0.39 is 6.04 Å². The number of nitroso groups, excluding NO2 is 2. The lowest BCUT2D eigenvalue weighted by atomic mass is 9.69. The normalized spacial score (nSPS) is 30.5. The van der Waals surface area contributed by atoms with Gasteiger partial charge in [-0.3, -0.25) is 0 Å². The predicted octanol–water partition coefficient (Wildman–Crippen LogP) is 3.86. The third-order valence-electron chi connectivity index (χ3n) is 4.91. The average molecular weight is 330 g/mol. The van der Waals surface area contributed by atoms with E-state index in [1.165, 1.54) is 6.20 Å². The summed E-state index contributed by atoms with van der Waals surface area (Å²) in [5.41, 5.74) is 13.7. The summed E-state index contributed by atoms with van der Waals surface area (Å²) >= 11 is 0. The van der Waals surface area contributed by atoms with E-state index in [2.05, 4.69) is 17.3 Å². The van der Waals surface area contributed by atoms with Crippen LogP contribution in [0.1, 0.15) is 39.0 Å². The first-order chi connectivity index (χ1) is 11.6. The smallest absolute Gasteiger partial charge is 0.120 e. The second kappa shape index (κ2) is 8.57. The van der Waals surface area contributed by atoms with Crippen molar-refractivity contribution in [2.45, 2.75) is 45.1 Å². The monoisotopic (exact) mass is 330 g/mol. The molecule has 24 heavy (non-hydrogen) atoms. The van der Waals surface area contributed by atoms with Crippen LogP contribution >= 0.6 is 0 Å². The number of rotatable bonds is 7. The molecular formula is C18H26N4O2. The lowest BCUT2D eigenvalue weighted by Gasteiger charge is -2.36. The summed E-state index contributed by atoms with van der Waals surface area (Å²) in [5, 5.41) is 6.51. The van der Waals surface area contributed by atoms with E-state index >= 15 is 0 Å². The largest absolute Gasteiger partial charge is 0.405 e. The molecule has 0 bridgehead atoms. The van der Waals surface area contributed by atoms with Gasteiger partial charge in [-0.05, 0) is 60.5 Å². The Hall–Kier alpha value is -2.24. The van der Waals surface area contributed by atoms with Crippen LogP contribution in [0.2, 0.25) is 0 Å². The lowest BCUT2D eigenvalue weighted by molar-refractivity contribution is 0.301. The summed E-state index contributed by atoms with van der Waals surface area (Å²) in [6.45, 7) is 2.10. The van der Waals surface area contributed by atoms with Gasteiger partial charge in [-0.25, -0.2) is 0 Å². The molecule has 6 heteroatoms. The Kier molecular flexibility index (Phi) is 6.46. The highest BCUT2D eigenvalue weighted by molar-refractivity contribution is 5.35. The quantitative estimate of drug-likeness (QED) is 0.690. The molecule has 2 aliphatic carbocycles. The van der Waals surface area contributed by atoms with Crippen molar-refractivity contribution < 1.29 is 0 Å². The maximum atomic E-state index is 11.5. The van der Waals surface area contributed by atoms with Crippen molar-refractivity contribution in [1.29, 1.82) is 0 Å². The van der Waals surface area contributed by atoms with Crippen molar-refractivity contribution in [2.24, 2.45) is 39.6 Å². The van der Waals surface area contributed by atoms with Crippen LogP contribution in [0.4, 0.5) is 0 Å². The zero-order valence-corrected chi connectivity index (χ0v) is 14.1. The minimum Gasteiger partial charge on any atom is -0.405 e. The van der Waals surface area contributed by atoms with Crippen LogP contribution < -0.4 is 11.5 Å². The Morgan fingerprint density at radius 2 is 2.12 bits per heavy atom. The zero-order chi connectivity index (χ0) is 17.5. The molecule has 130 valence electrons. The van der Waals surface area contributed by atoms with Crippen molar-refractivity contribution >= 4 is 0 Å². The topological polar surface area (TPSA) is 111 Å². The molecule has 0 aliphatic heterocycles. The highest BCUT2D eigenvalue weighted by Gasteiger charge is 2.39. The Bertz CT molecular complexity index is 592. The summed E-state index contributed by atoms with van der Waals surface area (Å²) < 4.78 is 0. The molecule has 2 rings (SSSR count). The van der Waals surface area contributed by atoms with Gasteiger partial charge in [-0.15, -0.1) is 4.91 Å². The number of hydrogen-bond donors (Lipinski definition) is 2. The molecule has 3 unspecified atom stereocenters. The SMILES string of the molecule is CCCCC1=CC(N=O)[C@H](C2C=C(N)CCC2/C=C/N)C(N=O)=C1. The molecule has 0 saturated carbocycles. The van der Waals surface area contributed by atoms with E-state index in [-0.39, 0.29) is 17.8 Å². The highest BCUT2D eigenvalue weighted by Crippen LogP contribution is 2.42. The van der Waals surface area contributed by atoms with Gasteiger partial charge in [-0.2, -0.15) is 4.91 Å². The summed E-state index contributed by atoms with van der Waals surface area (Å²) in [4.78, 5) is 22.9. The molecule has 0 aromatic rings. The minimum absolute atomic E-state index is 0.103. The summed E-state index contributed by atoms with van der Waals surface area (Å²) in [7, 11) is 0. The fourth-order valence-electron chi connectivity index (χ4n) is 3.69. The third kappa shape index (κ3) is 3.99. The van der Waals surface area contributed by atoms with Gasteiger partial charge in [0.25, 0.3) is 0 Å². The highest BCUT2D eigenvalue weighted by atomic mass is 16.3. The van der Waals surface area contributed by atoms with E-state index in [0.717, 1.165) is 43.4 Å². The molecule has 0 saturated heterocycles. The molecule has 0 radical (unpaired) electrons. The van der Waals surface area contributed by atoms with Crippen LogP contribution in [0.25, 0.3) is 0 Å². The fraction of sp³-hybridized carbons (Fsp3) is 0.556. The standard InChI is InChI=1S/C18H26N4O2/c1-2-3-4-12-9-16(21-23)18(17(10-12)22-24)15-11-14(20)6-5-13(15)7-8-19/h7-11,13,15-16,18H,2-6,19-20H2,1H3/b8-7+/t13?,15?,16?,18-/m0/s1. The zero-order valence-electron chi connectivity index (χ0n) is 14.1. The van der Waals surface area contributed by atoms with E-state index in [9.17, 15) is 9.81 Å². The van der Waals surface area contributed by atoms with E-state index in [0.29, 0.717) is 5.70 Å². The number of allylic oxidation sites excluding steroid dienone is 5. The number of nitrogens with two attached hydrogens (primary N) is 2. The molecule has 0 amide bonds. The first kappa shape index (κ1) is 18.1. The summed E-state index contributed by atoms with van der Waals surface area (Å²) in [6.07, 6.45) is 13.5. The maximum Gasteiger partial charge on any atom is 0.120 e. The van der Waals surface area contributed by atoms with Gasteiger partial charge in [-0.1, -0.05) is 36.7 Å². The van der Waals surface area contributed by atoms with Crippen molar-refractivity contribution in [3.05, 3.63) is 57.3 Å². The molecular weight excluding hydrogens is 304 g/mol. The molecule has 2 aliphatic rings. The fourth-order valence-corrected chi connectivity index (χ4v) is 3.69. The van der Waals surface area contributed by atoms with E-state index in [1.807, 2.05) is 24.3 Å². The van der Waals surface area contributed by atoms with Gasteiger partial charge in [0.2, 0.25) is 0 Å². The molecule has 0 spiro atoms. The molecule has 0 aromatic heterocycles.